The van der Waals surface area contributed by atoms with Crippen molar-refractivity contribution in [3.05, 3.63) is 0 Å². The maximum Gasteiger partial charge on any atom is 0.416 e. The summed E-state index contributed by atoms with van der Waals surface area (Å²) in [6.07, 6.45) is 1.37. The second-order valence-electron chi connectivity index (χ2n) is 5.69. The van der Waals surface area contributed by atoms with Crippen LogP contribution in [-0.4, -0.2) is 34.9 Å². The Kier molecular flexibility index (Phi) is 1.98. The zero-order valence-electron chi connectivity index (χ0n) is 9.34. The Morgan fingerprint density at radius 1 is 1.41 bits per heavy atom. The van der Waals surface area contributed by atoms with Crippen molar-refractivity contribution in [3.63, 3.8) is 0 Å². The molecular formula is C12H14BrNO3. The van der Waals surface area contributed by atoms with Crippen molar-refractivity contribution in [2.45, 2.75) is 17.7 Å². The first-order valence-electron chi connectivity index (χ1n) is 6.29. The number of alkyl halides is 1. The summed E-state index contributed by atoms with van der Waals surface area (Å²) in [6, 6.07) is 0. The molecule has 1 saturated heterocycles. The smallest absolute Gasteiger partial charge is 0.416 e. The first kappa shape index (κ1) is 10.4. The minimum Gasteiger partial charge on any atom is -0.447 e. The first-order chi connectivity index (χ1) is 8.18. The zero-order chi connectivity index (χ0) is 11.7. The minimum atomic E-state index is -0.455. The molecule has 4 bridgehead atoms. The van der Waals surface area contributed by atoms with E-state index in [9.17, 15) is 9.59 Å². The lowest BCUT2D eigenvalue weighted by Gasteiger charge is -2.18. The number of rotatable bonds is 2. The number of cyclic esters (lactones) is 1. The van der Waals surface area contributed by atoms with E-state index in [1.165, 1.54) is 11.3 Å². The maximum atomic E-state index is 12.1. The van der Waals surface area contributed by atoms with E-state index >= 15 is 0 Å². The van der Waals surface area contributed by atoms with Gasteiger partial charge in [-0.2, -0.15) is 0 Å². The molecule has 5 fully saturated rings. The van der Waals surface area contributed by atoms with Crippen LogP contribution in [0.2, 0.25) is 0 Å². The normalized spacial score (nSPS) is 49.7. The molecular weight excluding hydrogens is 286 g/mol. The van der Waals surface area contributed by atoms with Crippen LogP contribution in [-0.2, 0) is 9.53 Å². The summed E-state index contributed by atoms with van der Waals surface area (Å²) in [7, 11) is 0. The van der Waals surface area contributed by atoms with Crippen LogP contribution in [0, 0.1) is 29.6 Å². The van der Waals surface area contributed by atoms with E-state index in [0.29, 0.717) is 36.2 Å². The van der Waals surface area contributed by atoms with Crippen molar-refractivity contribution in [2.75, 3.05) is 13.2 Å². The third-order valence-corrected chi connectivity index (χ3v) is 6.42. The highest BCUT2D eigenvalue weighted by Gasteiger charge is 2.72. The fourth-order valence-electron chi connectivity index (χ4n) is 4.44. The van der Waals surface area contributed by atoms with Crippen LogP contribution in [0.1, 0.15) is 12.8 Å². The van der Waals surface area contributed by atoms with Crippen LogP contribution in [0.5, 0.6) is 0 Å². The number of amides is 2. The number of halogens is 1. The molecule has 6 atom stereocenters. The van der Waals surface area contributed by atoms with Crippen molar-refractivity contribution in [1.29, 1.82) is 0 Å². The van der Waals surface area contributed by atoms with Gasteiger partial charge >= 0.3 is 6.09 Å². The number of hydrogen-bond donors (Lipinski definition) is 0. The third-order valence-electron chi connectivity index (χ3n) is 5.13. The van der Waals surface area contributed by atoms with Gasteiger partial charge in [-0.15, -0.1) is 0 Å². The van der Waals surface area contributed by atoms with Crippen LogP contribution < -0.4 is 0 Å². The standard InChI is InChI=1S/C12H14BrNO3/c13-11-6-3-7-9(10(7)11)5(6)4-8(15)14-1-2-17-12(14)16/h5-7,9-11H,1-4H2/t5-,6+,7-,9-,10-,11-/m0/s1. The highest BCUT2D eigenvalue weighted by molar-refractivity contribution is 9.09. The monoisotopic (exact) mass is 299 g/mol. The molecule has 0 radical (unpaired) electrons. The molecule has 92 valence electrons. The van der Waals surface area contributed by atoms with Gasteiger partial charge in [0.15, 0.2) is 0 Å². The molecule has 1 aliphatic heterocycles. The van der Waals surface area contributed by atoms with Crippen molar-refractivity contribution >= 4 is 27.9 Å². The van der Waals surface area contributed by atoms with Gasteiger partial charge in [0, 0.05) is 11.2 Å². The van der Waals surface area contributed by atoms with E-state index in [2.05, 4.69) is 15.9 Å². The van der Waals surface area contributed by atoms with Crippen molar-refractivity contribution < 1.29 is 14.3 Å². The largest absolute Gasteiger partial charge is 0.447 e. The van der Waals surface area contributed by atoms with Gasteiger partial charge in [-0.1, -0.05) is 15.9 Å². The van der Waals surface area contributed by atoms with E-state index in [-0.39, 0.29) is 5.91 Å². The molecule has 5 heteroatoms. The average Bonchev–Trinajstić information content (AvgIpc) is 2.64. The lowest BCUT2D eigenvalue weighted by molar-refractivity contribution is -0.129. The number of carbonyl (C=O) groups is 2. The van der Waals surface area contributed by atoms with Gasteiger partial charge in [0.2, 0.25) is 5.91 Å². The summed E-state index contributed by atoms with van der Waals surface area (Å²) < 4.78 is 4.80. The van der Waals surface area contributed by atoms with Crippen LogP contribution in [0.15, 0.2) is 0 Å². The first-order valence-corrected chi connectivity index (χ1v) is 7.21. The molecule has 2 amide bonds. The van der Waals surface area contributed by atoms with E-state index in [4.69, 9.17) is 4.74 Å². The van der Waals surface area contributed by atoms with Gasteiger partial charge < -0.3 is 4.74 Å². The highest BCUT2D eigenvalue weighted by Crippen LogP contribution is 2.75. The molecule has 4 nitrogen and oxygen atoms in total. The molecule has 5 rings (SSSR count). The Morgan fingerprint density at radius 3 is 2.71 bits per heavy atom. The van der Waals surface area contributed by atoms with Gasteiger partial charge in [0.25, 0.3) is 0 Å². The summed E-state index contributed by atoms with van der Waals surface area (Å²) in [4.78, 5) is 25.3. The van der Waals surface area contributed by atoms with Gasteiger partial charge in [0.1, 0.15) is 6.61 Å². The summed E-state index contributed by atoms with van der Waals surface area (Å²) >= 11 is 3.76. The van der Waals surface area contributed by atoms with Gasteiger partial charge in [-0.25, -0.2) is 9.69 Å². The summed E-state index contributed by atoms with van der Waals surface area (Å²) in [5.41, 5.74) is 0. The quantitative estimate of drug-likeness (QED) is 0.728. The molecule has 17 heavy (non-hydrogen) atoms. The van der Waals surface area contributed by atoms with Crippen LogP contribution in [0.4, 0.5) is 4.79 Å². The number of nitrogens with zero attached hydrogens (tertiary/aromatic N) is 1. The number of ether oxygens (including phenoxy) is 1. The Morgan fingerprint density at radius 2 is 2.24 bits per heavy atom. The topological polar surface area (TPSA) is 46.6 Å². The maximum absolute atomic E-state index is 12.1. The molecule has 4 aliphatic carbocycles. The predicted octanol–water partition coefficient (Wildman–Crippen LogP) is 1.63. The number of carbonyl (C=O) groups excluding carboxylic acids is 2. The SMILES string of the molecule is O=C(C[C@H]1[C@H]2C[C@H]3[C@H]1[C@H]3[C@H]2Br)N1CCOC1=O. The van der Waals surface area contributed by atoms with E-state index in [1.807, 2.05) is 0 Å². The highest BCUT2D eigenvalue weighted by atomic mass is 79.9. The van der Waals surface area contributed by atoms with Crippen LogP contribution in [0.25, 0.3) is 0 Å². The second kappa shape index (κ2) is 3.25. The summed E-state index contributed by atoms with van der Waals surface area (Å²) in [6.45, 7) is 0.790. The lowest BCUT2D eigenvalue weighted by Crippen LogP contribution is -2.33. The molecule has 0 unspecified atom stereocenters. The molecule has 0 spiro atoms. The van der Waals surface area contributed by atoms with Gasteiger partial charge in [-0.3, -0.25) is 4.79 Å². The van der Waals surface area contributed by atoms with Crippen LogP contribution >= 0.6 is 15.9 Å². The second-order valence-corrected chi connectivity index (χ2v) is 6.75. The lowest BCUT2D eigenvalue weighted by atomic mass is 9.94. The molecule has 5 aliphatic rings. The Bertz CT molecular complexity index is 413. The fourth-order valence-corrected chi connectivity index (χ4v) is 5.79. The van der Waals surface area contributed by atoms with Gasteiger partial charge in [0.05, 0.1) is 6.54 Å². The Labute approximate surface area is 108 Å². The molecule has 0 aromatic carbocycles. The number of hydrogen-bond acceptors (Lipinski definition) is 3. The molecule has 0 aromatic rings. The Balaban J connectivity index is 1.46. The fraction of sp³-hybridized carbons (Fsp3) is 0.833. The van der Waals surface area contributed by atoms with Crippen molar-refractivity contribution in [2.24, 2.45) is 29.6 Å². The van der Waals surface area contributed by atoms with Crippen molar-refractivity contribution in [1.82, 2.24) is 4.90 Å². The summed E-state index contributed by atoms with van der Waals surface area (Å²) in [5.74, 6) is 3.59. The van der Waals surface area contributed by atoms with E-state index in [1.54, 1.807) is 0 Å². The third kappa shape index (κ3) is 1.23. The van der Waals surface area contributed by atoms with Gasteiger partial charge in [-0.05, 0) is 36.0 Å². The molecule has 4 saturated carbocycles. The van der Waals surface area contributed by atoms with E-state index < -0.39 is 6.09 Å². The van der Waals surface area contributed by atoms with E-state index in [0.717, 1.165) is 17.8 Å². The zero-order valence-corrected chi connectivity index (χ0v) is 10.9. The predicted molar refractivity (Wildman–Crippen MR) is 62.5 cm³/mol. The number of imide groups is 1. The molecule has 0 N–H and O–H groups in total. The van der Waals surface area contributed by atoms with Crippen molar-refractivity contribution in [3.8, 4) is 0 Å². The minimum absolute atomic E-state index is 0.0320. The molecule has 0 aromatic heterocycles. The van der Waals surface area contributed by atoms with Crippen LogP contribution in [0.3, 0.4) is 0 Å². The molecule has 1 heterocycles. The average molecular weight is 300 g/mol. The summed E-state index contributed by atoms with van der Waals surface area (Å²) in [5, 5.41) is 0. The Hall–Kier alpha value is -0.580.